The molecule has 0 unspecified atom stereocenters. The van der Waals surface area contributed by atoms with Crippen molar-refractivity contribution in [3.05, 3.63) is 0 Å². The van der Waals surface area contributed by atoms with Crippen LogP contribution in [0.2, 0.25) is 0 Å². The highest BCUT2D eigenvalue weighted by Crippen LogP contribution is 2.15. The largest absolute Gasteiger partial charge is 0.351 e. The number of sulfone groups is 1. The van der Waals surface area contributed by atoms with E-state index in [-0.39, 0.29) is 34.2 Å². The highest BCUT2D eigenvalue weighted by atomic mass is 79.9. The normalized spacial score (nSPS) is 26.5. The molecule has 88 valence electrons. The Morgan fingerprint density at radius 1 is 1.47 bits per heavy atom. The predicted molar refractivity (Wildman–Crippen MR) is 62.8 cm³/mol. The fourth-order valence-corrected chi connectivity index (χ4v) is 3.30. The molecule has 0 aromatic heterocycles. The standard InChI is InChI=1S/C9H16BrNO3S/c1-6(2)8(10)9(12)11-7-3-4-15(13,14)5-7/h6-8H,3-5H2,1-2H3,(H,11,12)/t7-,8-/m1/s1. The van der Waals surface area contributed by atoms with E-state index >= 15 is 0 Å². The molecule has 1 aliphatic rings. The molecule has 1 aliphatic heterocycles. The average molecular weight is 298 g/mol. The molecule has 0 aromatic rings. The summed E-state index contributed by atoms with van der Waals surface area (Å²) in [5.41, 5.74) is 0. The Labute approximate surface area is 98.9 Å². The third-order valence-electron chi connectivity index (χ3n) is 2.41. The van der Waals surface area contributed by atoms with E-state index in [1.165, 1.54) is 0 Å². The minimum absolute atomic E-state index is 0.0799. The van der Waals surface area contributed by atoms with E-state index in [1.807, 2.05) is 13.8 Å². The molecule has 1 heterocycles. The van der Waals surface area contributed by atoms with Crippen molar-refractivity contribution in [2.45, 2.75) is 31.1 Å². The van der Waals surface area contributed by atoms with E-state index in [2.05, 4.69) is 21.2 Å². The zero-order chi connectivity index (χ0) is 11.6. The second-order valence-corrected chi connectivity index (χ2v) is 7.47. The molecule has 0 aromatic carbocycles. The van der Waals surface area contributed by atoms with E-state index in [0.717, 1.165) is 0 Å². The van der Waals surface area contributed by atoms with Crippen LogP contribution in [0.3, 0.4) is 0 Å². The molecule has 0 radical (unpaired) electrons. The molecule has 2 atom stereocenters. The molecule has 0 aliphatic carbocycles. The van der Waals surface area contributed by atoms with Gasteiger partial charge in [-0.15, -0.1) is 0 Å². The van der Waals surface area contributed by atoms with Crippen molar-refractivity contribution in [2.24, 2.45) is 5.92 Å². The Morgan fingerprint density at radius 3 is 2.47 bits per heavy atom. The van der Waals surface area contributed by atoms with E-state index in [9.17, 15) is 13.2 Å². The zero-order valence-electron chi connectivity index (χ0n) is 8.86. The Kier molecular flexibility index (Phi) is 4.17. The van der Waals surface area contributed by atoms with Crippen molar-refractivity contribution in [3.63, 3.8) is 0 Å². The zero-order valence-corrected chi connectivity index (χ0v) is 11.3. The van der Waals surface area contributed by atoms with Gasteiger partial charge in [0.15, 0.2) is 9.84 Å². The molecule has 1 N–H and O–H groups in total. The fraction of sp³-hybridized carbons (Fsp3) is 0.889. The van der Waals surface area contributed by atoms with Gasteiger partial charge in [-0.05, 0) is 12.3 Å². The van der Waals surface area contributed by atoms with Crippen LogP contribution in [0.5, 0.6) is 0 Å². The summed E-state index contributed by atoms with van der Waals surface area (Å²) in [5.74, 6) is 0.346. The van der Waals surface area contributed by atoms with E-state index in [1.54, 1.807) is 0 Å². The number of carbonyl (C=O) groups is 1. The molecule has 0 bridgehead atoms. The van der Waals surface area contributed by atoms with Crippen molar-refractivity contribution in [1.82, 2.24) is 5.32 Å². The van der Waals surface area contributed by atoms with E-state index in [0.29, 0.717) is 6.42 Å². The van der Waals surface area contributed by atoms with Gasteiger partial charge in [0.1, 0.15) is 0 Å². The number of hydrogen-bond donors (Lipinski definition) is 1. The van der Waals surface area contributed by atoms with Crippen LogP contribution >= 0.6 is 15.9 Å². The van der Waals surface area contributed by atoms with Crippen LogP contribution in [-0.4, -0.2) is 36.7 Å². The first-order valence-corrected chi connectivity index (χ1v) is 7.70. The second kappa shape index (κ2) is 4.82. The Balaban J connectivity index is 2.47. The van der Waals surface area contributed by atoms with Gasteiger partial charge in [-0.2, -0.15) is 0 Å². The molecule has 1 amide bonds. The van der Waals surface area contributed by atoms with E-state index < -0.39 is 9.84 Å². The summed E-state index contributed by atoms with van der Waals surface area (Å²) >= 11 is 3.28. The van der Waals surface area contributed by atoms with Crippen molar-refractivity contribution in [3.8, 4) is 0 Å². The van der Waals surface area contributed by atoms with Gasteiger partial charge in [-0.25, -0.2) is 8.42 Å². The summed E-state index contributed by atoms with van der Waals surface area (Å²) in [7, 11) is -2.92. The molecular weight excluding hydrogens is 282 g/mol. The molecule has 1 fully saturated rings. The fourth-order valence-electron chi connectivity index (χ4n) is 1.49. The third kappa shape index (κ3) is 3.75. The van der Waals surface area contributed by atoms with Crippen LogP contribution in [0.1, 0.15) is 20.3 Å². The van der Waals surface area contributed by atoms with Gasteiger partial charge >= 0.3 is 0 Å². The topological polar surface area (TPSA) is 63.2 Å². The smallest absolute Gasteiger partial charge is 0.234 e. The molecule has 1 saturated heterocycles. The molecular formula is C9H16BrNO3S. The highest BCUT2D eigenvalue weighted by Gasteiger charge is 2.30. The summed E-state index contributed by atoms with van der Waals surface area (Å²) < 4.78 is 22.3. The number of nitrogens with one attached hydrogen (secondary N) is 1. The van der Waals surface area contributed by atoms with Gasteiger partial charge in [0.25, 0.3) is 0 Å². The maximum Gasteiger partial charge on any atom is 0.234 e. The molecule has 6 heteroatoms. The van der Waals surface area contributed by atoms with Crippen molar-refractivity contribution < 1.29 is 13.2 Å². The summed E-state index contributed by atoms with van der Waals surface area (Å²) in [6.07, 6.45) is 0.534. The van der Waals surface area contributed by atoms with E-state index in [4.69, 9.17) is 0 Å². The molecule has 1 rings (SSSR count). The number of amides is 1. The van der Waals surface area contributed by atoms with Crippen LogP contribution in [0.4, 0.5) is 0 Å². The Hall–Kier alpha value is -0.100. The van der Waals surface area contributed by atoms with Crippen molar-refractivity contribution in [1.29, 1.82) is 0 Å². The lowest BCUT2D eigenvalue weighted by molar-refractivity contribution is -0.121. The highest BCUT2D eigenvalue weighted by molar-refractivity contribution is 9.10. The van der Waals surface area contributed by atoms with Gasteiger partial charge in [0, 0.05) is 6.04 Å². The minimum Gasteiger partial charge on any atom is -0.351 e. The molecule has 15 heavy (non-hydrogen) atoms. The first-order chi connectivity index (χ1) is 6.82. The summed E-state index contributed by atoms with van der Waals surface area (Å²) in [6.45, 7) is 3.87. The van der Waals surface area contributed by atoms with Gasteiger partial charge in [-0.1, -0.05) is 29.8 Å². The van der Waals surface area contributed by atoms with Gasteiger partial charge in [0.05, 0.1) is 16.3 Å². The lowest BCUT2D eigenvalue weighted by Gasteiger charge is -2.16. The lowest BCUT2D eigenvalue weighted by Crippen LogP contribution is -2.41. The molecule has 4 nitrogen and oxygen atoms in total. The Morgan fingerprint density at radius 2 is 2.07 bits per heavy atom. The number of rotatable bonds is 3. The first kappa shape index (κ1) is 13.0. The van der Waals surface area contributed by atoms with Crippen LogP contribution < -0.4 is 5.32 Å². The minimum atomic E-state index is -2.92. The summed E-state index contributed by atoms with van der Waals surface area (Å²) in [6, 6.07) is -0.207. The molecule has 0 saturated carbocycles. The first-order valence-electron chi connectivity index (χ1n) is 4.96. The monoisotopic (exact) mass is 297 g/mol. The number of alkyl halides is 1. The van der Waals surface area contributed by atoms with Crippen LogP contribution in [0, 0.1) is 5.92 Å². The number of hydrogen-bond acceptors (Lipinski definition) is 3. The van der Waals surface area contributed by atoms with Crippen LogP contribution in [0.15, 0.2) is 0 Å². The van der Waals surface area contributed by atoms with Gasteiger partial charge < -0.3 is 5.32 Å². The summed E-state index contributed by atoms with van der Waals surface area (Å²) in [5, 5.41) is 2.75. The maximum atomic E-state index is 11.6. The quantitative estimate of drug-likeness (QED) is 0.781. The maximum absolute atomic E-state index is 11.6. The number of carbonyl (C=O) groups excluding carboxylic acids is 1. The van der Waals surface area contributed by atoms with Crippen LogP contribution in [-0.2, 0) is 14.6 Å². The third-order valence-corrected chi connectivity index (χ3v) is 5.66. The van der Waals surface area contributed by atoms with Crippen molar-refractivity contribution >= 4 is 31.7 Å². The van der Waals surface area contributed by atoms with Gasteiger partial charge in [-0.3, -0.25) is 4.79 Å². The lowest BCUT2D eigenvalue weighted by atomic mass is 10.1. The van der Waals surface area contributed by atoms with Gasteiger partial charge in [0.2, 0.25) is 5.91 Å². The summed E-state index contributed by atoms with van der Waals surface area (Å²) in [4.78, 5) is 11.3. The van der Waals surface area contributed by atoms with Crippen molar-refractivity contribution in [2.75, 3.05) is 11.5 Å². The average Bonchev–Trinajstić information content (AvgIpc) is 2.43. The second-order valence-electron chi connectivity index (χ2n) is 4.25. The predicted octanol–water partition coefficient (Wildman–Crippen LogP) is 0.709. The SMILES string of the molecule is CC(C)[C@@H](Br)C(=O)N[C@@H]1CCS(=O)(=O)C1. The molecule has 0 spiro atoms. The van der Waals surface area contributed by atoms with Crippen LogP contribution in [0.25, 0.3) is 0 Å². The number of halogens is 1. The Bertz CT molecular complexity index is 339.